The Labute approximate surface area is 78.0 Å². The summed E-state index contributed by atoms with van der Waals surface area (Å²) in [6, 6.07) is 0. The molecule has 0 aromatic carbocycles. The Kier molecular flexibility index (Phi) is 4.46. The Morgan fingerprint density at radius 1 is 1.67 bits per heavy atom. The van der Waals surface area contributed by atoms with Gasteiger partial charge in [0.1, 0.15) is 0 Å². The van der Waals surface area contributed by atoms with Crippen molar-refractivity contribution in [3.63, 3.8) is 0 Å². The zero-order valence-corrected chi connectivity index (χ0v) is 8.49. The summed E-state index contributed by atoms with van der Waals surface area (Å²) in [6.07, 6.45) is 0.324. The van der Waals surface area contributed by atoms with Crippen LogP contribution in [-0.2, 0) is 4.74 Å². The maximum absolute atomic E-state index is 5.37. The van der Waals surface area contributed by atoms with E-state index in [0.29, 0.717) is 6.10 Å². The summed E-state index contributed by atoms with van der Waals surface area (Å²) in [5, 5.41) is 4.30. The lowest BCUT2D eigenvalue weighted by Crippen LogP contribution is -2.24. The highest BCUT2D eigenvalue weighted by atomic mass is 32.2. The van der Waals surface area contributed by atoms with Crippen LogP contribution in [0.4, 0.5) is 0 Å². The maximum atomic E-state index is 5.37. The summed E-state index contributed by atoms with van der Waals surface area (Å²) in [5.74, 6) is 1.12. The van der Waals surface area contributed by atoms with Crippen LogP contribution in [0.3, 0.4) is 0 Å². The number of hydrogen-bond donors (Lipinski definition) is 1. The smallest absolute Gasteiger partial charge is 0.156 e. The van der Waals surface area contributed by atoms with E-state index in [0.717, 1.165) is 30.6 Å². The predicted molar refractivity (Wildman–Crippen MR) is 53.9 cm³/mol. The fourth-order valence-electron chi connectivity index (χ4n) is 0.895. The van der Waals surface area contributed by atoms with Crippen LogP contribution in [0.15, 0.2) is 4.99 Å². The Hall–Kier alpha value is -0.220. The molecule has 1 rings (SSSR count). The van der Waals surface area contributed by atoms with Crippen molar-refractivity contribution in [2.75, 3.05) is 25.4 Å². The number of thioether (sulfide) groups is 1. The van der Waals surface area contributed by atoms with Crippen molar-refractivity contribution in [1.82, 2.24) is 5.32 Å². The molecule has 0 fully saturated rings. The quantitative estimate of drug-likeness (QED) is 0.671. The monoisotopic (exact) mass is 188 g/mol. The summed E-state index contributed by atoms with van der Waals surface area (Å²) >= 11 is 1.78. The lowest BCUT2D eigenvalue weighted by molar-refractivity contribution is 0.0831. The summed E-state index contributed by atoms with van der Waals surface area (Å²) in [5.41, 5.74) is 0. The molecule has 1 aliphatic heterocycles. The van der Waals surface area contributed by atoms with Gasteiger partial charge in [0.2, 0.25) is 0 Å². The molecule has 1 N–H and O–H groups in total. The zero-order valence-electron chi connectivity index (χ0n) is 7.67. The zero-order chi connectivity index (χ0) is 8.81. The second-order valence-corrected chi connectivity index (χ2v) is 3.97. The maximum Gasteiger partial charge on any atom is 0.156 e. The number of nitrogens with zero attached hydrogens (tertiary/aromatic N) is 1. The summed E-state index contributed by atoms with van der Waals surface area (Å²) < 4.78 is 5.37. The number of nitrogens with one attached hydrogen (secondary N) is 1. The van der Waals surface area contributed by atoms with Gasteiger partial charge < -0.3 is 10.1 Å². The first-order chi connectivity index (χ1) is 5.79. The molecule has 4 heteroatoms. The molecule has 70 valence electrons. The van der Waals surface area contributed by atoms with E-state index in [1.54, 1.807) is 11.8 Å². The molecule has 0 aromatic rings. The molecule has 0 saturated carbocycles. The van der Waals surface area contributed by atoms with E-state index in [4.69, 9.17) is 4.74 Å². The van der Waals surface area contributed by atoms with E-state index in [9.17, 15) is 0 Å². The van der Waals surface area contributed by atoms with Gasteiger partial charge in [-0.1, -0.05) is 11.8 Å². The second kappa shape index (κ2) is 5.43. The minimum atomic E-state index is 0.324. The van der Waals surface area contributed by atoms with E-state index in [-0.39, 0.29) is 0 Å². The molecule has 0 aliphatic carbocycles. The number of ether oxygens (including phenoxy) is 1. The molecule has 0 bridgehead atoms. The average Bonchev–Trinajstić information content (AvgIpc) is 2.49. The molecule has 0 radical (unpaired) electrons. The molecule has 0 aromatic heterocycles. The van der Waals surface area contributed by atoms with Crippen LogP contribution in [-0.4, -0.2) is 36.7 Å². The van der Waals surface area contributed by atoms with Gasteiger partial charge in [-0.3, -0.25) is 4.99 Å². The summed E-state index contributed by atoms with van der Waals surface area (Å²) in [4.78, 5) is 4.27. The fourth-order valence-corrected chi connectivity index (χ4v) is 1.66. The van der Waals surface area contributed by atoms with Crippen LogP contribution in [0, 0.1) is 0 Å². The van der Waals surface area contributed by atoms with Gasteiger partial charge in [-0.25, -0.2) is 0 Å². The highest BCUT2D eigenvalue weighted by Crippen LogP contribution is 2.08. The molecule has 1 heterocycles. The highest BCUT2D eigenvalue weighted by Gasteiger charge is 2.04. The third kappa shape index (κ3) is 3.97. The molecule has 0 saturated heterocycles. The van der Waals surface area contributed by atoms with E-state index in [1.807, 2.05) is 13.8 Å². The van der Waals surface area contributed by atoms with Gasteiger partial charge in [-0.2, -0.15) is 0 Å². The van der Waals surface area contributed by atoms with Gasteiger partial charge in [0.05, 0.1) is 19.3 Å². The Balaban J connectivity index is 1.95. The third-order valence-corrected chi connectivity index (χ3v) is 2.35. The lowest BCUT2D eigenvalue weighted by Gasteiger charge is -2.08. The molecule has 3 nitrogen and oxygen atoms in total. The van der Waals surface area contributed by atoms with Crippen LogP contribution in [0.25, 0.3) is 0 Å². The van der Waals surface area contributed by atoms with Crippen molar-refractivity contribution < 1.29 is 4.74 Å². The molecule has 12 heavy (non-hydrogen) atoms. The third-order valence-electron chi connectivity index (χ3n) is 1.41. The molecule has 0 amide bonds. The van der Waals surface area contributed by atoms with Crippen LogP contribution < -0.4 is 5.32 Å². The standard InChI is InChI=1S/C8H16N2OS/c1-7(2)11-5-3-9-8-10-4-6-12-8/h7H,3-6H2,1-2H3,(H,9,10). The molecular formula is C8H16N2OS. The molecular weight excluding hydrogens is 172 g/mol. The van der Waals surface area contributed by atoms with Gasteiger partial charge in [-0.05, 0) is 13.8 Å². The first kappa shape index (κ1) is 9.86. The van der Waals surface area contributed by atoms with Crippen molar-refractivity contribution in [3.8, 4) is 0 Å². The molecule has 0 spiro atoms. The highest BCUT2D eigenvalue weighted by molar-refractivity contribution is 8.14. The normalized spacial score (nSPS) is 16.8. The van der Waals surface area contributed by atoms with Crippen LogP contribution in [0.5, 0.6) is 0 Å². The number of aliphatic imine (C=N–C) groups is 1. The number of hydrogen-bond acceptors (Lipinski definition) is 4. The number of rotatable bonds is 4. The molecule has 0 unspecified atom stereocenters. The van der Waals surface area contributed by atoms with Crippen LogP contribution in [0.2, 0.25) is 0 Å². The fraction of sp³-hybridized carbons (Fsp3) is 0.875. The van der Waals surface area contributed by atoms with Gasteiger partial charge in [0.15, 0.2) is 5.17 Å². The van der Waals surface area contributed by atoms with Crippen molar-refractivity contribution in [2.24, 2.45) is 4.99 Å². The summed E-state index contributed by atoms with van der Waals surface area (Å²) in [7, 11) is 0. The lowest BCUT2D eigenvalue weighted by atomic mass is 10.5. The minimum Gasteiger partial charge on any atom is -0.377 e. The van der Waals surface area contributed by atoms with E-state index < -0.39 is 0 Å². The Bertz CT molecular complexity index is 159. The van der Waals surface area contributed by atoms with Crippen LogP contribution >= 0.6 is 11.8 Å². The second-order valence-electron chi connectivity index (χ2n) is 2.88. The first-order valence-electron chi connectivity index (χ1n) is 4.32. The van der Waals surface area contributed by atoms with E-state index in [2.05, 4.69) is 10.3 Å². The average molecular weight is 188 g/mol. The minimum absolute atomic E-state index is 0.324. The Morgan fingerprint density at radius 3 is 3.08 bits per heavy atom. The predicted octanol–water partition coefficient (Wildman–Crippen LogP) is 1.10. The largest absolute Gasteiger partial charge is 0.377 e. The topological polar surface area (TPSA) is 33.6 Å². The van der Waals surface area contributed by atoms with Crippen LogP contribution in [0.1, 0.15) is 13.8 Å². The molecule has 0 atom stereocenters. The SMILES string of the molecule is CC(C)OCCNC1=NCCS1. The van der Waals surface area contributed by atoms with E-state index >= 15 is 0 Å². The van der Waals surface area contributed by atoms with Gasteiger partial charge in [0, 0.05) is 12.3 Å². The molecule has 1 aliphatic rings. The summed E-state index contributed by atoms with van der Waals surface area (Å²) in [6.45, 7) is 6.67. The van der Waals surface area contributed by atoms with Crippen molar-refractivity contribution in [3.05, 3.63) is 0 Å². The van der Waals surface area contributed by atoms with Crippen molar-refractivity contribution in [1.29, 1.82) is 0 Å². The Morgan fingerprint density at radius 2 is 2.50 bits per heavy atom. The van der Waals surface area contributed by atoms with Crippen molar-refractivity contribution >= 4 is 16.9 Å². The first-order valence-corrected chi connectivity index (χ1v) is 5.30. The van der Waals surface area contributed by atoms with Gasteiger partial charge >= 0.3 is 0 Å². The number of amidine groups is 1. The van der Waals surface area contributed by atoms with Gasteiger partial charge in [0.25, 0.3) is 0 Å². The van der Waals surface area contributed by atoms with E-state index in [1.165, 1.54) is 0 Å². The van der Waals surface area contributed by atoms with Crippen molar-refractivity contribution in [2.45, 2.75) is 20.0 Å². The van der Waals surface area contributed by atoms with Gasteiger partial charge in [-0.15, -0.1) is 0 Å².